The molecule has 0 aliphatic rings. The molecule has 0 aliphatic carbocycles. The van der Waals surface area contributed by atoms with Crippen LogP contribution in [-0.4, -0.2) is 48.0 Å². The van der Waals surface area contributed by atoms with Crippen LogP contribution in [0.1, 0.15) is 22.1 Å². The summed E-state index contributed by atoms with van der Waals surface area (Å²) >= 11 is 1.26. The summed E-state index contributed by atoms with van der Waals surface area (Å²) in [5.41, 5.74) is 0.383. The maximum Gasteiger partial charge on any atom is 0.339 e. The molecule has 0 fully saturated rings. The van der Waals surface area contributed by atoms with Gasteiger partial charge in [0.05, 0.1) is 17.9 Å². The highest BCUT2D eigenvalue weighted by Gasteiger charge is 2.15. The number of nitrogens with one attached hydrogen (secondary N) is 1. The normalized spacial score (nSPS) is 10.5. The minimum atomic E-state index is -0.515. The summed E-state index contributed by atoms with van der Waals surface area (Å²) in [7, 11) is 1.57. The van der Waals surface area contributed by atoms with Crippen molar-refractivity contribution in [2.24, 2.45) is 0 Å². The Morgan fingerprint density at radius 1 is 1.32 bits per heavy atom. The second-order valence-corrected chi connectivity index (χ2v) is 5.96. The van der Waals surface area contributed by atoms with E-state index < -0.39 is 5.97 Å². The SMILES string of the molecule is COCCNC(=O)CSc1ccccc1C(=O)OCc1nc(C)no1. The highest BCUT2D eigenvalue weighted by atomic mass is 32.2. The van der Waals surface area contributed by atoms with Crippen LogP contribution < -0.4 is 5.32 Å². The Bertz CT molecular complexity index is 719. The number of rotatable bonds is 9. The molecule has 134 valence electrons. The first-order valence-corrected chi connectivity index (χ1v) is 8.52. The largest absolute Gasteiger partial charge is 0.452 e. The zero-order valence-electron chi connectivity index (χ0n) is 14.0. The molecule has 2 rings (SSSR count). The molecule has 0 bridgehead atoms. The monoisotopic (exact) mass is 365 g/mol. The van der Waals surface area contributed by atoms with Crippen LogP contribution in [0.25, 0.3) is 0 Å². The summed E-state index contributed by atoms with van der Waals surface area (Å²) in [5, 5.41) is 6.35. The number of esters is 1. The third-order valence-electron chi connectivity index (χ3n) is 2.99. The molecule has 8 nitrogen and oxygen atoms in total. The highest BCUT2D eigenvalue weighted by molar-refractivity contribution is 8.00. The number of methoxy groups -OCH3 is 1. The fraction of sp³-hybridized carbons (Fsp3) is 0.375. The lowest BCUT2D eigenvalue weighted by Crippen LogP contribution is -2.28. The van der Waals surface area contributed by atoms with E-state index in [-0.39, 0.29) is 24.2 Å². The van der Waals surface area contributed by atoms with Crippen molar-refractivity contribution in [2.75, 3.05) is 26.0 Å². The molecule has 1 N–H and O–H groups in total. The lowest BCUT2D eigenvalue weighted by atomic mass is 10.2. The topological polar surface area (TPSA) is 104 Å². The summed E-state index contributed by atoms with van der Waals surface area (Å²) < 4.78 is 15.0. The zero-order chi connectivity index (χ0) is 18.1. The smallest absolute Gasteiger partial charge is 0.339 e. The number of ether oxygens (including phenoxy) is 2. The van der Waals surface area contributed by atoms with Gasteiger partial charge >= 0.3 is 5.97 Å². The molecule has 0 aliphatic heterocycles. The molecule has 0 atom stereocenters. The first-order valence-electron chi connectivity index (χ1n) is 7.54. The fourth-order valence-corrected chi connectivity index (χ4v) is 2.72. The van der Waals surface area contributed by atoms with Crippen molar-refractivity contribution in [3.8, 4) is 0 Å². The van der Waals surface area contributed by atoms with Crippen LogP contribution in [0.2, 0.25) is 0 Å². The first-order chi connectivity index (χ1) is 12.1. The van der Waals surface area contributed by atoms with E-state index in [0.29, 0.717) is 29.4 Å². The third-order valence-corrected chi connectivity index (χ3v) is 4.06. The van der Waals surface area contributed by atoms with Gasteiger partial charge in [-0.05, 0) is 19.1 Å². The Kier molecular flexibility index (Phi) is 7.42. The molecular formula is C16H19N3O5S. The minimum absolute atomic E-state index is 0.101. The van der Waals surface area contributed by atoms with Gasteiger partial charge < -0.3 is 19.3 Å². The van der Waals surface area contributed by atoms with Gasteiger partial charge in [0, 0.05) is 18.6 Å². The van der Waals surface area contributed by atoms with Crippen molar-refractivity contribution in [3.05, 3.63) is 41.5 Å². The second-order valence-electron chi connectivity index (χ2n) is 4.94. The number of benzene rings is 1. The maximum absolute atomic E-state index is 12.3. The van der Waals surface area contributed by atoms with Crippen LogP contribution in [0.4, 0.5) is 0 Å². The van der Waals surface area contributed by atoms with E-state index in [4.69, 9.17) is 14.0 Å². The zero-order valence-corrected chi connectivity index (χ0v) is 14.8. The summed E-state index contributed by atoms with van der Waals surface area (Å²) in [4.78, 5) is 28.6. The minimum Gasteiger partial charge on any atom is -0.452 e. The fourth-order valence-electron chi connectivity index (χ4n) is 1.85. The van der Waals surface area contributed by atoms with Crippen molar-refractivity contribution in [1.29, 1.82) is 0 Å². The lowest BCUT2D eigenvalue weighted by molar-refractivity contribution is -0.118. The van der Waals surface area contributed by atoms with E-state index in [2.05, 4.69) is 15.5 Å². The predicted molar refractivity (Wildman–Crippen MR) is 90.2 cm³/mol. The Balaban J connectivity index is 1.90. The molecule has 0 saturated carbocycles. The van der Waals surface area contributed by atoms with Crippen LogP contribution in [0.5, 0.6) is 0 Å². The molecule has 0 spiro atoms. The van der Waals surface area contributed by atoms with Gasteiger partial charge in [0.25, 0.3) is 5.89 Å². The van der Waals surface area contributed by atoms with Gasteiger partial charge in [0.1, 0.15) is 0 Å². The number of nitrogens with zero attached hydrogens (tertiary/aromatic N) is 2. The van der Waals surface area contributed by atoms with Crippen LogP contribution >= 0.6 is 11.8 Å². The van der Waals surface area contributed by atoms with Gasteiger partial charge in [-0.15, -0.1) is 11.8 Å². The molecule has 1 amide bonds. The van der Waals surface area contributed by atoms with Crippen LogP contribution in [0, 0.1) is 6.92 Å². The summed E-state index contributed by atoms with van der Waals surface area (Å²) in [5.74, 6) is 0.247. The van der Waals surface area contributed by atoms with E-state index >= 15 is 0 Å². The quantitative estimate of drug-likeness (QED) is 0.406. The van der Waals surface area contributed by atoms with Gasteiger partial charge in [0.2, 0.25) is 5.91 Å². The molecule has 2 aromatic rings. The maximum atomic E-state index is 12.3. The lowest BCUT2D eigenvalue weighted by Gasteiger charge is -2.08. The molecular weight excluding hydrogens is 346 g/mol. The molecule has 25 heavy (non-hydrogen) atoms. The Labute approximate surface area is 149 Å². The van der Waals surface area contributed by atoms with Gasteiger partial charge in [-0.1, -0.05) is 17.3 Å². The number of carbonyl (C=O) groups is 2. The van der Waals surface area contributed by atoms with Crippen molar-refractivity contribution >= 4 is 23.6 Å². The van der Waals surface area contributed by atoms with E-state index in [9.17, 15) is 9.59 Å². The number of hydrogen-bond donors (Lipinski definition) is 1. The van der Waals surface area contributed by atoms with Crippen LogP contribution in [0.3, 0.4) is 0 Å². The standard InChI is InChI=1S/C16H19N3O5S/c1-11-18-15(24-19-11)9-23-16(21)12-5-3-4-6-13(12)25-10-14(20)17-7-8-22-2/h3-6H,7-10H2,1-2H3,(H,17,20). The van der Waals surface area contributed by atoms with Crippen molar-refractivity contribution < 1.29 is 23.6 Å². The van der Waals surface area contributed by atoms with E-state index in [0.717, 1.165) is 0 Å². The molecule has 1 aromatic heterocycles. The molecule has 0 radical (unpaired) electrons. The third kappa shape index (κ3) is 6.20. The van der Waals surface area contributed by atoms with Crippen LogP contribution in [-0.2, 0) is 20.9 Å². The Hall–Kier alpha value is -2.39. The average Bonchev–Trinajstić information content (AvgIpc) is 3.04. The molecule has 1 aromatic carbocycles. The van der Waals surface area contributed by atoms with Gasteiger partial charge in [-0.3, -0.25) is 4.79 Å². The van der Waals surface area contributed by atoms with Crippen molar-refractivity contribution in [3.63, 3.8) is 0 Å². The number of amides is 1. The number of aromatic nitrogens is 2. The molecule has 0 unspecified atom stereocenters. The van der Waals surface area contributed by atoms with Crippen LogP contribution in [0.15, 0.2) is 33.7 Å². The van der Waals surface area contributed by atoms with Gasteiger partial charge in [0.15, 0.2) is 12.4 Å². The van der Waals surface area contributed by atoms with Gasteiger partial charge in [-0.2, -0.15) is 4.98 Å². The average molecular weight is 365 g/mol. The summed E-state index contributed by atoms with van der Waals surface area (Å²) in [6, 6.07) is 6.94. The Morgan fingerprint density at radius 3 is 2.84 bits per heavy atom. The van der Waals surface area contributed by atoms with Crippen molar-refractivity contribution in [1.82, 2.24) is 15.5 Å². The summed E-state index contributed by atoms with van der Waals surface area (Å²) in [6.45, 7) is 2.48. The molecule has 0 saturated heterocycles. The summed E-state index contributed by atoms with van der Waals surface area (Å²) in [6.07, 6.45) is 0. The second kappa shape index (κ2) is 9.80. The number of carbonyl (C=O) groups excluding carboxylic acids is 2. The molecule has 9 heteroatoms. The molecule has 1 heterocycles. The Morgan fingerprint density at radius 2 is 2.12 bits per heavy atom. The van der Waals surface area contributed by atoms with Crippen molar-refractivity contribution in [2.45, 2.75) is 18.4 Å². The number of thioether (sulfide) groups is 1. The van der Waals surface area contributed by atoms with Gasteiger partial charge in [-0.25, -0.2) is 4.79 Å². The number of hydrogen-bond acceptors (Lipinski definition) is 8. The number of aryl methyl sites for hydroxylation is 1. The first kappa shape index (κ1) is 18.9. The van der Waals surface area contributed by atoms with E-state index in [1.165, 1.54) is 11.8 Å². The van der Waals surface area contributed by atoms with E-state index in [1.807, 2.05) is 0 Å². The van der Waals surface area contributed by atoms with E-state index in [1.54, 1.807) is 38.3 Å². The highest BCUT2D eigenvalue weighted by Crippen LogP contribution is 2.23. The predicted octanol–water partition coefficient (Wildman–Crippen LogP) is 1.59.